The smallest absolute Gasteiger partial charge is 0.289 e. The van der Waals surface area contributed by atoms with E-state index in [1.54, 1.807) is 43.3 Å². The lowest BCUT2D eigenvalue weighted by atomic mass is 10.2. The van der Waals surface area contributed by atoms with Crippen molar-refractivity contribution < 1.29 is 18.4 Å². The molecule has 162 valence electrons. The molecule has 1 fully saturated rings. The first-order valence-electron chi connectivity index (χ1n) is 10.2. The summed E-state index contributed by atoms with van der Waals surface area (Å²) in [5.74, 6) is 0.0490. The van der Waals surface area contributed by atoms with Crippen LogP contribution in [0, 0.1) is 5.82 Å². The predicted molar refractivity (Wildman–Crippen MR) is 113 cm³/mol. The zero-order chi connectivity index (χ0) is 22.1. The minimum Gasteiger partial charge on any atom is -0.459 e. The van der Waals surface area contributed by atoms with E-state index >= 15 is 0 Å². The first-order valence-corrected chi connectivity index (χ1v) is 10.2. The highest BCUT2D eigenvalue weighted by Gasteiger charge is 2.29. The third-order valence-electron chi connectivity index (χ3n) is 5.46. The van der Waals surface area contributed by atoms with Gasteiger partial charge in [-0.3, -0.25) is 9.59 Å². The van der Waals surface area contributed by atoms with Crippen LogP contribution in [0.15, 0.2) is 77.8 Å². The molecule has 4 heterocycles. The Kier molecular flexibility index (Phi) is 5.06. The first kappa shape index (κ1) is 19.8. The molecule has 1 aliphatic rings. The quantitative estimate of drug-likeness (QED) is 0.496. The number of aromatic nitrogens is 3. The molecule has 8 nitrogen and oxygen atoms in total. The van der Waals surface area contributed by atoms with Crippen molar-refractivity contribution in [1.29, 1.82) is 0 Å². The van der Waals surface area contributed by atoms with E-state index in [0.717, 1.165) is 0 Å². The molecule has 4 aromatic rings. The summed E-state index contributed by atoms with van der Waals surface area (Å²) in [7, 11) is 0. The van der Waals surface area contributed by atoms with Crippen molar-refractivity contribution in [3.63, 3.8) is 0 Å². The van der Waals surface area contributed by atoms with E-state index in [4.69, 9.17) is 4.42 Å². The van der Waals surface area contributed by atoms with Crippen LogP contribution in [0.5, 0.6) is 0 Å². The molecule has 0 saturated carbocycles. The molecule has 1 aliphatic heterocycles. The Morgan fingerprint density at radius 1 is 0.906 bits per heavy atom. The van der Waals surface area contributed by atoms with Crippen LogP contribution in [0.1, 0.15) is 20.9 Å². The lowest BCUT2D eigenvalue weighted by Crippen LogP contribution is -2.50. The monoisotopic (exact) mass is 433 g/mol. The van der Waals surface area contributed by atoms with Crippen LogP contribution in [-0.2, 0) is 0 Å². The molecule has 3 aromatic heterocycles. The highest BCUT2D eigenvalue weighted by molar-refractivity contribution is 5.97. The van der Waals surface area contributed by atoms with Gasteiger partial charge in [-0.1, -0.05) is 6.07 Å². The van der Waals surface area contributed by atoms with E-state index in [2.05, 4.69) is 5.10 Å². The third kappa shape index (κ3) is 3.58. The summed E-state index contributed by atoms with van der Waals surface area (Å²) < 4.78 is 22.3. The molecule has 2 amide bonds. The van der Waals surface area contributed by atoms with Crippen LogP contribution in [-0.4, -0.2) is 62.1 Å². The molecule has 1 saturated heterocycles. The zero-order valence-corrected chi connectivity index (χ0v) is 17.1. The fraction of sp³-hybridized carbons (Fsp3) is 0.174. The van der Waals surface area contributed by atoms with Crippen molar-refractivity contribution in [1.82, 2.24) is 24.1 Å². The van der Waals surface area contributed by atoms with E-state index in [1.165, 1.54) is 24.6 Å². The Morgan fingerprint density at radius 3 is 2.28 bits per heavy atom. The second-order valence-electron chi connectivity index (χ2n) is 7.43. The number of benzene rings is 1. The Labute approximate surface area is 183 Å². The van der Waals surface area contributed by atoms with Gasteiger partial charge in [0.25, 0.3) is 11.8 Å². The topological polar surface area (TPSA) is 76.5 Å². The van der Waals surface area contributed by atoms with Crippen LogP contribution in [0.3, 0.4) is 0 Å². The van der Waals surface area contributed by atoms with E-state index < -0.39 is 0 Å². The fourth-order valence-corrected chi connectivity index (χ4v) is 3.85. The van der Waals surface area contributed by atoms with Crippen LogP contribution < -0.4 is 0 Å². The van der Waals surface area contributed by atoms with Gasteiger partial charge in [0.05, 0.1) is 18.1 Å². The van der Waals surface area contributed by atoms with Crippen LogP contribution in [0.2, 0.25) is 0 Å². The van der Waals surface area contributed by atoms with Gasteiger partial charge in [0, 0.05) is 38.6 Å². The van der Waals surface area contributed by atoms with Crippen molar-refractivity contribution >= 4 is 11.8 Å². The minimum atomic E-state index is -0.387. The number of hydrogen-bond acceptors (Lipinski definition) is 4. The summed E-state index contributed by atoms with van der Waals surface area (Å²) in [6.07, 6.45) is 6.59. The predicted octanol–water partition coefficient (Wildman–Crippen LogP) is 2.99. The molecule has 0 bridgehead atoms. The Bertz CT molecular complexity index is 1240. The van der Waals surface area contributed by atoms with Crippen LogP contribution in [0.25, 0.3) is 11.5 Å². The van der Waals surface area contributed by atoms with E-state index in [0.29, 0.717) is 43.2 Å². The maximum Gasteiger partial charge on any atom is 0.289 e. The maximum atomic E-state index is 13.8. The van der Waals surface area contributed by atoms with Gasteiger partial charge >= 0.3 is 0 Å². The maximum absolute atomic E-state index is 13.8. The molecule has 0 spiro atoms. The molecular formula is C23H20FN5O3. The van der Waals surface area contributed by atoms with Gasteiger partial charge in [-0.05, 0) is 42.5 Å². The van der Waals surface area contributed by atoms with Crippen LogP contribution >= 0.6 is 0 Å². The van der Waals surface area contributed by atoms with E-state index in [9.17, 15) is 14.0 Å². The number of nitrogens with zero attached hydrogens (tertiary/aromatic N) is 5. The van der Waals surface area contributed by atoms with Crippen molar-refractivity contribution in [2.45, 2.75) is 0 Å². The highest BCUT2D eigenvalue weighted by Crippen LogP contribution is 2.22. The second kappa shape index (κ2) is 8.18. The summed E-state index contributed by atoms with van der Waals surface area (Å²) in [6.45, 7) is 1.59. The average molecular weight is 433 g/mol. The van der Waals surface area contributed by atoms with Crippen molar-refractivity contribution in [2.24, 2.45) is 0 Å². The molecule has 0 atom stereocenters. The number of carbonyl (C=O) groups excluding carboxylic acids is 2. The van der Waals surface area contributed by atoms with Crippen molar-refractivity contribution in [3.05, 3.63) is 90.5 Å². The lowest BCUT2D eigenvalue weighted by Gasteiger charge is -2.34. The highest BCUT2D eigenvalue weighted by atomic mass is 19.1. The largest absolute Gasteiger partial charge is 0.459 e. The molecule has 0 radical (unpaired) electrons. The number of halogens is 1. The number of furan rings is 1. The van der Waals surface area contributed by atoms with E-state index in [-0.39, 0.29) is 23.4 Å². The SMILES string of the molecule is O=C(c1ccco1)N1CCN(C(=O)c2cnn(-c3cccc(F)c3)c2-n2cccc2)CC1. The van der Waals surface area contributed by atoms with Gasteiger partial charge in [0.2, 0.25) is 0 Å². The minimum absolute atomic E-state index is 0.186. The molecule has 0 N–H and O–H groups in total. The number of hydrogen-bond donors (Lipinski definition) is 0. The van der Waals surface area contributed by atoms with Crippen molar-refractivity contribution in [2.75, 3.05) is 26.2 Å². The van der Waals surface area contributed by atoms with Gasteiger partial charge in [-0.25, -0.2) is 9.07 Å². The Balaban J connectivity index is 1.40. The molecule has 0 aliphatic carbocycles. The van der Waals surface area contributed by atoms with Gasteiger partial charge < -0.3 is 18.8 Å². The fourth-order valence-electron chi connectivity index (χ4n) is 3.85. The first-order chi connectivity index (χ1) is 15.6. The summed E-state index contributed by atoms with van der Waals surface area (Å²) in [5, 5.41) is 4.38. The third-order valence-corrected chi connectivity index (χ3v) is 5.46. The molecular weight excluding hydrogens is 413 g/mol. The average Bonchev–Trinajstić information content (AvgIpc) is 3.59. The molecule has 1 aromatic carbocycles. The standard InChI is InChI=1S/C23H20FN5O3/c24-17-5-3-6-18(15-17)29-21(26-8-1-2-9-26)19(16-25-29)22(30)27-10-12-28(13-11-27)23(31)20-7-4-14-32-20/h1-9,14-16H,10-13H2. The summed E-state index contributed by atoms with van der Waals surface area (Å²) in [4.78, 5) is 29.3. The van der Waals surface area contributed by atoms with Crippen molar-refractivity contribution in [3.8, 4) is 11.5 Å². The van der Waals surface area contributed by atoms with E-state index in [1.807, 2.05) is 24.5 Å². The molecule has 32 heavy (non-hydrogen) atoms. The lowest BCUT2D eigenvalue weighted by molar-refractivity contribution is 0.0518. The normalized spacial score (nSPS) is 14.0. The van der Waals surface area contributed by atoms with Crippen LogP contribution in [0.4, 0.5) is 4.39 Å². The summed E-state index contributed by atoms with van der Waals surface area (Å²) in [5.41, 5.74) is 0.915. The van der Waals surface area contributed by atoms with Gasteiger partial charge in [0.1, 0.15) is 11.4 Å². The zero-order valence-electron chi connectivity index (χ0n) is 17.1. The number of carbonyl (C=O) groups is 2. The molecule has 0 unspecified atom stereocenters. The summed E-state index contributed by atoms with van der Waals surface area (Å²) >= 11 is 0. The van der Waals surface area contributed by atoms with Gasteiger partial charge in [0.15, 0.2) is 11.6 Å². The van der Waals surface area contributed by atoms with Gasteiger partial charge in [-0.2, -0.15) is 5.10 Å². The molecule has 5 rings (SSSR count). The number of piperazine rings is 1. The Hall–Kier alpha value is -4.14. The Morgan fingerprint density at radius 2 is 1.62 bits per heavy atom. The summed E-state index contributed by atoms with van der Waals surface area (Å²) in [6, 6.07) is 13.0. The second-order valence-corrected chi connectivity index (χ2v) is 7.43. The molecule has 9 heteroatoms. The number of amides is 2. The number of rotatable bonds is 4. The van der Waals surface area contributed by atoms with Gasteiger partial charge in [-0.15, -0.1) is 0 Å².